The molecule has 94 valence electrons. The Morgan fingerprint density at radius 1 is 1.28 bits per heavy atom. The predicted octanol–water partition coefficient (Wildman–Crippen LogP) is 3.75. The maximum atomic E-state index is 6.06. The Labute approximate surface area is 119 Å². The summed E-state index contributed by atoms with van der Waals surface area (Å²) in [6, 6.07) is 5.70. The number of benzene rings is 1. The molecule has 1 aromatic carbocycles. The Hall–Kier alpha value is -1.00. The molecule has 0 amide bonds. The van der Waals surface area contributed by atoms with E-state index in [1.165, 1.54) is 24.1 Å². The Morgan fingerprint density at radius 2 is 2.06 bits per heavy atom. The molecule has 18 heavy (non-hydrogen) atoms. The molecule has 3 nitrogen and oxygen atoms in total. The van der Waals surface area contributed by atoms with Gasteiger partial charge in [-0.25, -0.2) is 4.68 Å². The summed E-state index contributed by atoms with van der Waals surface area (Å²) in [5.41, 5.74) is 9.39. The van der Waals surface area contributed by atoms with Gasteiger partial charge in [-0.2, -0.15) is 5.10 Å². The van der Waals surface area contributed by atoms with Crippen molar-refractivity contribution in [2.24, 2.45) is 0 Å². The molecule has 1 heterocycles. The van der Waals surface area contributed by atoms with Crippen LogP contribution in [0.1, 0.15) is 24.1 Å². The molecule has 1 aliphatic rings. The summed E-state index contributed by atoms with van der Waals surface area (Å²) in [7, 11) is 0. The second-order valence-corrected chi connectivity index (χ2v) is 5.82. The van der Waals surface area contributed by atoms with Crippen molar-refractivity contribution in [2.75, 3.05) is 5.73 Å². The molecule has 0 aliphatic heterocycles. The standard InChI is InChI=1S/C13H13BrClN3/c14-10-6-5-8(15)7-12(10)18-11-4-2-1-3-9(11)13(16)17-18/h5-7H,1-4H2,(H2,16,17). The minimum absolute atomic E-state index is 0.650. The Balaban J connectivity index is 2.20. The van der Waals surface area contributed by atoms with Crippen molar-refractivity contribution in [3.8, 4) is 5.69 Å². The number of nitrogens with two attached hydrogens (primary N) is 1. The van der Waals surface area contributed by atoms with E-state index in [0.29, 0.717) is 10.8 Å². The fourth-order valence-corrected chi connectivity index (χ4v) is 3.06. The minimum atomic E-state index is 0.650. The first-order valence-electron chi connectivity index (χ1n) is 5.98. The summed E-state index contributed by atoms with van der Waals surface area (Å²) in [5.74, 6) is 0.650. The monoisotopic (exact) mass is 325 g/mol. The molecular formula is C13H13BrClN3. The van der Waals surface area contributed by atoms with Gasteiger partial charge in [0, 0.05) is 20.8 Å². The van der Waals surface area contributed by atoms with Crippen molar-refractivity contribution in [1.82, 2.24) is 9.78 Å². The van der Waals surface area contributed by atoms with Gasteiger partial charge in [0.05, 0.1) is 5.69 Å². The van der Waals surface area contributed by atoms with Crippen LogP contribution in [0, 0.1) is 0 Å². The first-order valence-corrected chi connectivity index (χ1v) is 7.15. The van der Waals surface area contributed by atoms with Crippen LogP contribution < -0.4 is 5.73 Å². The maximum absolute atomic E-state index is 6.06. The summed E-state index contributed by atoms with van der Waals surface area (Å²) >= 11 is 9.61. The van der Waals surface area contributed by atoms with Crippen molar-refractivity contribution in [1.29, 1.82) is 0 Å². The molecule has 0 saturated heterocycles. The van der Waals surface area contributed by atoms with Crippen LogP contribution in [0.15, 0.2) is 22.7 Å². The van der Waals surface area contributed by atoms with E-state index in [1.807, 2.05) is 22.9 Å². The largest absolute Gasteiger partial charge is 0.382 e. The fourth-order valence-electron chi connectivity index (χ4n) is 2.47. The van der Waals surface area contributed by atoms with Gasteiger partial charge in [0.15, 0.2) is 0 Å². The molecule has 3 rings (SSSR count). The normalized spacial score (nSPS) is 14.6. The average Bonchev–Trinajstić information content (AvgIpc) is 2.71. The summed E-state index contributed by atoms with van der Waals surface area (Å²) < 4.78 is 2.91. The van der Waals surface area contributed by atoms with E-state index in [-0.39, 0.29) is 0 Å². The molecule has 2 aromatic rings. The van der Waals surface area contributed by atoms with E-state index in [0.717, 1.165) is 23.0 Å². The first-order chi connectivity index (χ1) is 8.66. The molecule has 0 fully saturated rings. The topological polar surface area (TPSA) is 43.8 Å². The van der Waals surface area contributed by atoms with Crippen molar-refractivity contribution in [3.05, 3.63) is 39.0 Å². The van der Waals surface area contributed by atoms with Gasteiger partial charge in [0.25, 0.3) is 0 Å². The highest BCUT2D eigenvalue weighted by atomic mass is 79.9. The first kappa shape index (κ1) is 12.1. The van der Waals surface area contributed by atoms with E-state index in [9.17, 15) is 0 Å². The van der Waals surface area contributed by atoms with Crippen LogP contribution in [0.5, 0.6) is 0 Å². The number of halogens is 2. The molecule has 0 radical (unpaired) electrons. The van der Waals surface area contributed by atoms with Crippen molar-refractivity contribution in [3.63, 3.8) is 0 Å². The lowest BCUT2D eigenvalue weighted by atomic mass is 9.97. The average molecular weight is 327 g/mol. The Bertz CT molecular complexity index is 607. The van der Waals surface area contributed by atoms with E-state index in [1.54, 1.807) is 0 Å². The van der Waals surface area contributed by atoms with Gasteiger partial charge in [0.1, 0.15) is 5.82 Å². The van der Waals surface area contributed by atoms with Crippen LogP contribution in [0.25, 0.3) is 5.69 Å². The second kappa shape index (κ2) is 4.59. The molecule has 5 heteroatoms. The smallest absolute Gasteiger partial charge is 0.149 e. The number of hydrogen-bond donors (Lipinski definition) is 1. The third-order valence-electron chi connectivity index (χ3n) is 3.35. The van der Waals surface area contributed by atoms with Gasteiger partial charge in [-0.3, -0.25) is 0 Å². The maximum Gasteiger partial charge on any atom is 0.149 e. The van der Waals surface area contributed by atoms with E-state index >= 15 is 0 Å². The van der Waals surface area contributed by atoms with Gasteiger partial charge in [-0.05, 0) is 59.8 Å². The molecule has 0 saturated carbocycles. The van der Waals surface area contributed by atoms with Crippen LogP contribution in [0.3, 0.4) is 0 Å². The lowest BCUT2D eigenvalue weighted by Crippen LogP contribution is -2.08. The van der Waals surface area contributed by atoms with Crippen LogP contribution in [0.2, 0.25) is 5.02 Å². The molecule has 0 atom stereocenters. The van der Waals surface area contributed by atoms with E-state index in [2.05, 4.69) is 21.0 Å². The van der Waals surface area contributed by atoms with Crippen molar-refractivity contribution in [2.45, 2.75) is 25.7 Å². The summed E-state index contributed by atoms with van der Waals surface area (Å²) in [6.07, 6.45) is 4.44. The number of nitrogens with zero attached hydrogens (tertiary/aromatic N) is 2. The predicted molar refractivity (Wildman–Crippen MR) is 77.3 cm³/mol. The molecule has 0 spiro atoms. The number of fused-ring (bicyclic) bond motifs is 1. The van der Waals surface area contributed by atoms with Crippen LogP contribution in [0.4, 0.5) is 5.82 Å². The van der Waals surface area contributed by atoms with Gasteiger partial charge < -0.3 is 5.73 Å². The number of rotatable bonds is 1. The summed E-state index contributed by atoms with van der Waals surface area (Å²) in [4.78, 5) is 0. The van der Waals surface area contributed by atoms with Crippen LogP contribution in [-0.4, -0.2) is 9.78 Å². The van der Waals surface area contributed by atoms with Crippen molar-refractivity contribution < 1.29 is 0 Å². The Kier molecular flexibility index (Phi) is 3.08. The lowest BCUT2D eigenvalue weighted by molar-refractivity contribution is 0.653. The highest BCUT2D eigenvalue weighted by molar-refractivity contribution is 9.10. The number of hydrogen-bond acceptors (Lipinski definition) is 2. The number of nitrogen functional groups attached to an aromatic ring is 1. The summed E-state index contributed by atoms with van der Waals surface area (Å²) in [5, 5.41) is 5.17. The molecule has 0 unspecified atom stereocenters. The van der Waals surface area contributed by atoms with Gasteiger partial charge in [-0.1, -0.05) is 11.6 Å². The Morgan fingerprint density at radius 3 is 2.89 bits per heavy atom. The number of aromatic nitrogens is 2. The third-order valence-corrected chi connectivity index (χ3v) is 4.25. The highest BCUT2D eigenvalue weighted by Crippen LogP contribution is 2.31. The third kappa shape index (κ3) is 1.93. The molecule has 2 N–H and O–H groups in total. The minimum Gasteiger partial charge on any atom is -0.382 e. The zero-order valence-corrected chi connectivity index (χ0v) is 12.1. The van der Waals surface area contributed by atoms with Gasteiger partial charge in [-0.15, -0.1) is 0 Å². The zero-order valence-electron chi connectivity index (χ0n) is 9.79. The second-order valence-electron chi connectivity index (χ2n) is 4.53. The van der Waals surface area contributed by atoms with Crippen LogP contribution in [-0.2, 0) is 12.8 Å². The van der Waals surface area contributed by atoms with Crippen LogP contribution >= 0.6 is 27.5 Å². The van der Waals surface area contributed by atoms with Gasteiger partial charge in [0.2, 0.25) is 0 Å². The lowest BCUT2D eigenvalue weighted by Gasteiger charge is -2.14. The SMILES string of the molecule is Nc1nn(-c2cc(Cl)ccc2Br)c2c1CCCC2. The van der Waals surface area contributed by atoms with E-state index < -0.39 is 0 Å². The molecular weight excluding hydrogens is 314 g/mol. The van der Waals surface area contributed by atoms with Crippen molar-refractivity contribution >= 4 is 33.3 Å². The molecule has 0 bridgehead atoms. The zero-order chi connectivity index (χ0) is 12.7. The van der Waals surface area contributed by atoms with Gasteiger partial charge >= 0.3 is 0 Å². The highest BCUT2D eigenvalue weighted by Gasteiger charge is 2.21. The molecule has 1 aliphatic carbocycles. The summed E-state index contributed by atoms with van der Waals surface area (Å²) in [6.45, 7) is 0. The molecule has 1 aromatic heterocycles. The fraction of sp³-hybridized carbons (Fsp3) is 0.308. The number of anilines is 1. The quantitative estimate of drug-likeness (QED) is 0.867. The van der Waals surface area contributed by atoms with E-state index in [4.69, 9.17) is 17.3 Å².